The van der Waals surface area contributed by atoms with Crippen LogP contribution in [-0.4, -0.2) is 29.3 Å². The molecular weight excluding hydrogens is 382 g/mol. The summed E-state index contributed by atoms with van der Waals surface area (Å²) in [6.45, 7) is 3.53. The summed E-state index contributed by atoms with van der Waals surface area (Å²) in [5, 5.41) is 0. The van der Waals surface area contributed by atoms with E-state index in [1.165, 1.54) is 6.42 Å². The van der Waals surface area contributed by atoms with Crippen LogP contribution < -0.4 is 0 Å². The Hall–Kier alpha value is 0.478. The van der Waals surface area contributed by atoms with E-state index in [9.17, 15) is 0 Å². The monoisotopic (exact) mass is 399 g/mol. The Balaban J connectivity index is 0.00000144. The predicted molar refractivity (Wildman–Crippen MR) is 64.7 cm³/mol. The van der Waals surface area contributed by atoms with Crippen LogP contribution in [0, 0.1) is 23.2 Å². The van der Waals surface area contributed by atoms with Crippen LogP contribution in [0.5, 0.6) is 0 Å². The Bertz CT molecular complexity index is 275. The van der Waals surface area contributed by atoms with Gasteiger partial charge in [0.05, 0.1) is 0 Å². The topological polar surface area (TPSA) is 18.5 Å². The van der Waals surface area contributed by atoms with Crippen LogP contribution in [0.3, 0.4) is 0 Å². The molecule has 0 heterocycles. The molecule has 3 unspecified atom stereocenters. The van der Waals surface area contributed by atoms with Crippen LogP contribution in [0.4, 0.5) is 0 Å². The normalized spacial score (nSPS) is 35.1. The molecule has 0 N–H and O–H groups in total. The molecule has 0 aromatic carbocycles. The van der Waals surface area contributed by atoms with E-state index in [0.29, 0.717) is 25.0 Å². The summed E-state index contributed by atoms with van der Waals surface area (Å²) in [7, 11) is 10.3. The second-order valence-electron chi connectivity index (χ2n) is 5.02. The molecule has 90 valence electrons. The molecule has 0 aromatic heterocycles. The fourth-order valence-electron chi connectivity index (χ4n) is 3.35. The molecule has 0 amide bonds. The van der Waals surface area contributed by atoms with E-state index in [2.05, 4.69) is 19.1 Å². The fourth-order valence-corrected chi connectivity index (χ4v) is 3.35. The minimum absolute atomic E-state index is 0. The first-order valence-electron chi connectivity index (χ1n) is 5.90. The van der Waals surface area contributed by atoms with Crippen molar-refractivity contribution >= 4 is 16.1 Å². The Morgan fingerprint density at radius 1 is 1.29 bits per heavy atom. The van der Waals surface area contributed by atoms with Crippen LogP contribution in [0.15, 0.2) is 12.2 Å². The Kier molecular flexibility index (Phi) is 6.02. The molecule has 0 saturated heterocycles. The van der Waals surface area contributed by atoms with Gasteiger partial charge >= 0.3 is 0 Å². The molecule has 2 bridgehead atoms. The molecule has 4 radical (unpaired) electrons. The zero-order valence-electron chi connectivity index (χ0n) is 10.2. The van der Waals surface area contributed by atoms with Crippen molar-refractivity contribution < 1.29 is 30.4 Å². The van der Waals surface area contributed by atoms with Crippen molar-refractivity contribution in [3.8, 4) is 0 Å². The Morgan fingerprint density at radius 3 is 2.65 bits per heavy atom. The van der Waals surface area contributed by atoms with Crippen LogP contribution in [-0.2, 0) is 30.4 Å². The largest absolute Gasteiger partial charge is 0.450 e. The van der Waals surface area contributed by atoms with E-state index >= 15 is 0 Å². The van der Waals surface area contributed by atoms with Crippen molar-refractivity contribution in [2.45, 2.75) is 26.2 Å². The summed E-state index contributed by atoms with van der Waals surface area (Å²) in [5.74, 6) is 2.81. The van der Waals surface area contributed by atoms with E-state index in [-0.39, 0.29) is 26.5 Å². The van der Waals surface area contributed by atoms with Crippen molar-refractivity contribution in [2.75, 3.05) is 13.2 Å². The van der Waals surface area contributed by atoms with Crippen LogP contribution >= 0.6 is 0 Å². The third-order valence-electron chi connectivity index (χ3n) is 4.31. The van der Waals surface area contributed by atoms with Crippen LogP contribution in [0.2, 0.25) is 0 Å². The van der Waals surface area contributed by atoms with Crippen molar-refractivity contribution in [2.24, 2.45) is 17.3 Å². The zero-order chi connectivity index (χ0) is 11.6. The summed E-state index contributed by atoms with van der Waals surface area (Å²) in [6.07, 6.45) is 7.83. The smallest absolute Gasteiger partial charge is 0.282 e. The predicted octanol–water partition coefficient (Wildman–Crippen LogP) is 1.75. The molecule has 2 rings (SSSR count). The molecule has 2 aliphatic carbocycles. The average Bonchev–Trinajstić information content (AvgIpc) is 2.84. The van der Waals surface area contributed by atoms with E-state index in [4.69, 9.17) is 25.4 Å². The maximum atomic E-state index is 5.14. The molecule has 1 fully saturated rings. The molecule has 2 nitrogen and oxygen atoms in total. The summed E-state index contributed by atoms with van der Waals surface area (Å²) in [4.78, 5) is 0. The molecule has 5 heteroatoms. The molecule has 0 spiro atoms. The Labute approximate surface area is 121 Å². The first-order chi connectivity index (χ1) is 7.72. The average molecular weight is 399 g/mol. The van der Waals surface area contributed by atoms with Gasteiger partial charge in [-0.1, -0.05) is 25.8 Å². The molecule has 3 atom stereocenters. The number of rotatable bonds is 6. The van der Waals surface area contributed by atoms with E-state index in [1.807, 2.05) is 0 Å². The summed E-state index contributed by atoms with van der Waals surface area (Å²) >= 11 is 0. The number of allylic oxidation sites excluding steroid dienone is 2. The van der Waals surface area contributed by atoms with Gasteiger partial charge in [-0.15, -0.1) is 17.4 Å². The number of hydrogen-bond donors (Lipinski definition) is 0. The van der Waals surface area contributed by atoms with Gasteiger partial charge in [-0.3, -0.25) is 5.92 Å². The second kappa shape index (κ2) is 6.59. The van der Waals surface area contributed by atoms with Crippen LogP contribution in [0.25, 0.3) is 0 Å². The molecule has 1 saturated carbocycles. The third-order valence-corrected chi connectivity index (χ3v) is 4.31. The number of hydrogen-bond acceptors (Lipinski definition) is 2. The summed E-state index contributed by atoms with van der Waals surface area (Å²) in [6, 6.07) is 0. The minimum atomic E-state index is 0. The first kappa shape index (κ1) is 15.5. The SMILES string of the molecule is [B]OCC[C-]1C2C=CC(C2)C1(C)CCO[B].[W]. The van der Waals surface area contributed by atoms with Gasteiger partial charge in [0.1, 0.15) is 0 Å². The second-order valence-corrected chi connectivity index (χ2v) is 5.02. The molecule has 17 heavy (non-hydrogen) atoms. The van der Waals surface area contributed by atoms with E-state index in [1.54, 1.807) is 5.92 Å². The third kappa shape index (κ3) is 2.91. The standard InChI is InChI=1S/C12H17B2O2.W/c1-12(5-7-16-14)10-3-2-9(8-10)11(12)4-6-15-13;/h2-3,9-10H,4-8H2,1H3;/q-1;. The molecule has 2 aliphatic rings. The number of fused-ring (bicyclic) bond motifs is 2. The van der Waals surface area contributed by atoms with E-state index < -0.39 is 0 Å². The summed E-state index contributed by atoms with van der Waals surface area (Å²) < 4.78 is 9.44. The van der Waals surface area contributed by atoms with Gasteiger partial charge in [0.15, 0.2) is 0 Å². The maximum absolute atomic E-state index is 5.14. The van der Waals surface area contributed by atoms with Gasteiger partial charge in [0, 0.05) is 34.3 Å². The van der Waals surface area contributed by atoms with E-state index in [0.717, 1.165) is 12.8 Å². The van der Waals surface area contributed by atoms with Gasteiger partial charge in [0.25, 0.3) is 16.1 Å². The van der Waals surface area contributed by atoms with Gasteiger partial charge in [-0.05, 0) is 5.92 Å². The fraction of sp³-hybridized carbons (Fsp3) is 0.750. The maximum Gasteiger partial charge on any atom is 0.282 e. The van der Waals surface area contributed by atoms with Crippen molar-refractivity contribution in [1.82, 2.24) is 0 Å². The van der Waals surface area contributed by atoms with Gasteiger partial charge in [-0.25, -0.2) is 0 Å². The quantitative estimate of drug-likeness (QED) is 0.386. The van der Waals surface area contributed by atoms with Crippen LogP contribution in [0.1, 0.15) is 26.2 Å². The van der Waals surface area contributed by atoms with Crippen molar-refractivity contribution in [3.63, 3.8) is 0 Å². The Morgan fingerprint density at radius 2 is 2.00 bits per heavy atom. The van der Waals surface area contributed by atoms with Crippen molar-refractivity contribution in [1.29, 1.82) is 0 Å². The molecule has 0 aromatic rings. The summed E-state index contributed by atoms with van der Waals surface area (Å²) in [5.41, 5.74) is 0.220. The van der Waals surface area contributed by atoms with Gasteiger partial charge in [0.2, 0.25) is 0 Å². The van der Waals surface area contributed by atoms with Gasteiger partial charge in [-0.2, -0.15) is 6.42 Å². The first-order valence-corrected chi connectivity index (χ1v) is 5.90. The zero-order valence-corrected chi connectivity index (χ0v) is 13.2. The molecule has 0 aliphatic heterocycles. The van der Waals surface area contributed by atoms with Crippen molar-refractivity contribution in [3.05, 3.63) is 18.1 Å². The molecular formula is C12H17B2O2W-. The minimum Gasteiger partial charge on any atom is -0.450 e. The van der Waals surface area contributed by atoms with Gasteiger partial charge < -0.3 is 9.31 Å².